The molecule has 0 spiro atoms. The fourth-order valence-electron chi connectivity index (χ4n) is 0.924. The zero-order valence-corrected chi connectivity index (χ0v) is 8.57. The zero-order chi connectivity index (χ0) is 11.1. The molecule has 1 aromatic rings. The summed E-state index contributed by atoms with van der Waals surface area (Å²) >= 11 is 5.26. The number of nitrogens with zero attached hydrogens (tertiary/aromatic N) is 1. The van der Waals surface area contributed by atoms with Crippen LogP contribution in [-0.4, -0.2) is 12.6 Å². The lowest BCUT2D eigenvalue weighted by atomic mass is 10.1. The van der Waals surface area contributed by atoms with E-state index in [-0.39, 0.29) is 6.61 Å². The highest BCUT2D eigenvalue weighted by molar-refractivity contribution is 6.25. The van der Waals surface area contributed by atoms with Gasteiger partial charge in [0.1, 0.15) is 6.61 Å². The first-order valence-corrected chi connectivity index (χ1v) is 4.64. The van der Waals surface area contributed by atoms with E-state index in [0.29, 0.717) is 11.1 Å². The number of ether oxygens (including phenoxy) is 1. The van der Waals surface area contributed by atoms with Gasteiger partial charge in [-0.3, -0.25) is 0 Å². The van der Waals surface area contributed by atoms with Crippen LogP contribution < -0.4 is 0 Å². The van der Waals surface area contributed by atoms with Crippen molar-refractivity contribution in [2.75, 3.05) is 6.61 Å². The molecule has 0 atom stereocenters. The van der Waals surface area contributed by atoms with Crippen LogP contribution in [0.5, 0.6) is 0 Å². The van der Waals surface area contributed by atoms with E-state index in [1.165, 1.54) is 11.6 Å². The molecule has 0 aromatic heterocycles. The van der Waals surface area contributed by atoms with Crippen molar-refractivity contribution in [1.82, 2.24) is 0 Å². The molecule has 1 rings (SSSR count). The zero-order valence-electron chi connectivity index (χ0n) is 7.81. The molecule has 1 aromatic carbocycles. The van der Waals surface area contributed by atoms with Gasteiger partial charge in [-0.2, -0.15) is 5.26 Å². The van der Waals surface area contributed by atoms with Crippen molar-refractivity contribution in [3.05, 3.63) is 47.0 Å². The van der Waals surface area contributed by atoms with Crippen molar-refractivity contribution >= 4 is 17.6 Å². The van der Waals surface area contributed by atoms with Crippen LogP contribution in [0.3, 0.4) is 0 Å². The van der Waals surface area contributed by atoms with Gasteiger partial charge in [-0.15, -0.1) is 0 Å². The van der Waals surface area contributed by atoms with E-state index in [2.05, 4.69) is 0 Å². The largest absolute Gasteiger partial charge is 0.458 e. The van der Waals surface area contributed by atoms with Crippen LogP contribution in [0.4, 0.5) is 0 Å². The topological polar surface area (TPSA) is 50.1 Å². The van der Waals surface area contributed by atoms with Crippen LogP contribution in [0.1, 0.15) is 15.9 Å². The number of hydrogen-bond acceptors (Lipinski definition) is 3. The van der Waals surface area contributed by atoms with Crippen molar-refractivity contribution in [1.29, 1.82) is 5.26 Å². The molecule has 0 saturated heterocycles. The van der Waals surface area contributed by atoms with Crippen LogP contribution in [-0.2, 0) is 4.74 Å². The molecule has 0 N–H and O–H groups in total. The van der Waals surface area contributed by atoms with Gasteiger partial charge in [-0.1, -0.05) is 11.6 Å². The molecule has 76 valence electrons. The smallest absolute Gasteiger partial charge is 0.338 e. The average molecular weight is 222 g/mol. The lowest BCUT2D eigenvalue weighted by molar-refractivity contribution is 0.0549. The summed E-state index contributed by atoms with van der Waals surface area (Å²) in [5.41, 5.74) is 2.20. The van der Waals surface area contributed by atoms with Crippen LogP contribution >= 0.6 is 11.6 Å². The predicted octanol–water partition coefficient (Wildman–Crippen LogP) is 2.47. The van der Waals surface area contributed by atoms with Crippen LogP contribution in [0.2, 0.25) is 0 Å². The van der Waals surface area contributed by atoms with Gasteiger partial charge in [0.2, 0.25) is 0 Å². The van der Waals surface area contributed by atoms with E-state index in [9.17, 15) is 4.79 Å². The van der Waals surface area contributed by atoms with Crippen molar-refractivity contribution in [2.45, 2.75) is 0 Å². The lowest BCUT2D eigenvalue weighted by Gasteiger charge is -2.00. The highest BCUT2D eigenvalue weighted by Crippen LogP contribution is 2.04. The number of carbonyl (C=O) groups is 1. The van der Waals surface area contributed by atoms with Gasteiger partial charge in [0, 0.05) is 5.54 Å². The van der Waals surface area contributed by atoms with Gasteiger partial charge < -0.3 is 4.74 Å². The maximum atomic E-state index is 11.3. The first kappa shape index (κ1) is 11.3. The van der Waals surface area contributed by atoms with Crippen molar-refractivity contribution < 1.29 is 9.53 Å². The molecule has 0 heterocycles. The maximum absolute atomic E-state index is 11.3. The number of benzene rings is 1. The summed E-state index contributed by atoms with van der Waals surface area (Å²) < 4.78 is 4.85. The van der Waals surface area contributed by atoms with Gasteiger partial charge in [0.05, 0.1) is 17.2 Å². The fourth-order valence-corrected chi connectivity index (χ4v) is 0.997. The lowest BCUT2D eigenvalue weighted by Crippen LogP contribution is -2.04. The molecule has 0 saturated carbocycles. The van der Waals surface area contributed by atoms with E-state index in [4.69, 9.17) is 21.6 Å². The number of nitriles is 1. The third-order valence-corrected chi connectivity index (χ3v) is 1.83. The summed E-state index contributed by atoms with van der Waals surface area (Å²) in [6.45, 7) is 0.141. The first-order valence-electron chi connectivity index (χ1n) is 4.20. The monoisotopic (exact) mass is 221 g/mol. The highest BCUT2D eigenvalue weighted by atomic mass is 35.5. The highest BCUT2D eigenvalue weighted by Gasteiger charge is 2.05. The Morgan fingerprint density at radius 2 is 2.13 bits per heavy atom. The van der Waals surface area contributed by atoms with Crippen molar-refractivity contribution in [3.8, 4) is 6.07 Å². The van der Waals surface area contributed by atoms with Crippen LogP contribution in [0, 0.1) is 11.3 Å². The number of esters is 1. The second-order valence-electron chi connectivity index (χ2n) is 2.65. The SMILES string of the molecule is N#Cc1ccc(C(=O)OC/C=C/Cl)cc1. The van der Waals surface area contributed by atoms with Gasteiger partial charge >= 0.3 is 5.97 Å². The summed E-state index contributed by atoms with van der Waals surface area (Å²) in [6, 6.07) is 8.19. The predicted molar refractivity (Wildman–Crippen MR) is 56.4 cm³/mol. The molecule has 0 aliphatic rings. The summed E-state index contributed by atoms with van der Waals surface area (Å²) in [4.78, 5) is 11.3. The van der Waals surface area contributed by atoms with Crippen molar-refractivity contribution in [3.63, 3.8) is 0 Å². The Bertz CT molecular complexity index is 404. The van der Waals surface area contributed by atoms with E-state index >= 15 is 0 Å². The molecule has 0 amide bonds. The van der Waals surface area contributed by atoms with E-state index < -0.39 is 5.97 Å². The van der Waals surface area contributed by atoms with Gasteiger partial charge in [0.25, 0.3) is 0 Å². The molecule has 0 aliphatic carbocycles. The molecular weight excluding hydrogens is 214 g/mol. The first-order chi connectivity index (χ1) is 7.27. The van der Waals surface area contributed by atoms with E-state index in [1.54, 1.807) is 24.3 Å². The minimum absolute atomic E-state index is 0.141. The van der Waals surface area contributed by atoms with Gasteiger partial charge in [-0.25, -0.2) is 4.79 Å². The Kier molecular flexibility index (Phi) is 4.39. The molecule has 4 heteroatoms. The molecule has 15 heavy (non-hydrogen) atoms. The van der Waals surface area contributed by atoms with E-state index in [1.807, 2.05) is 6.07 Å². The summed E-state index contributed by atoms with van der Waals surface area (Å²) in [5.74, 6) is -0.436. The van der Waals surface area contributed by atoms with Crippen LogP contribution in [0.25, 0.3) is 0 Å². The number of carbonyl (C=O) groups excluding carboxylic acids is 1. The van der Waals surface area contributed by atoms with Crippen LogP contribution in [0.15, 0.2) is 35.9 Å². The van der Waals surface area contributed by atoms with Gasteiger partial charge in [-0.05, 0) is 30.3 Å². The number of rotatable bonds is 3. The third kappa shape index (κ3) is 3.45. The van der Waals surface area contributed by atoms with Gasteiger partial charge in [0.15, 0.2) is 0 Å². The summed E-state index contributed by atoms with van der Waals surface area (Å²) in [7, 11) is 0. The third-order valence-electron chi connectivity index (χ3n) is 1.65. The second kappa shape index (κ2) is 5.84. The molecule has 0 fully saturated rings. The molecule has 0 radical (unpaired) electrons. The molecule has 3 nitrogen and oxygen atoms in total. The number of hydrogen-bond donors (Lipinski definition) is 0. The Morgan fingerprint density at radius 1 is 1.47 bits per heavy atom. The Morgan fingerprint density at radius 3 is 2.67 bits per heavy atom. The summed E-state index contributed by atoms with van der Waals surface area (Å²) in [5, 5.41) is 8.55. The Hall–Kier alpha value is -1.79. The normalized spacial score (nSPS) is 9.87. The molecule has 0 aliphatic heterocycles. The standard InChI is InChI=1S/C11H8ClNO2/c12-6-1-7-15-11(14)10-4-2-9(8-13)3-5-10/h1-6H,7H2/b6-1+. The minimum Gasteiger partial charge on any atom is -0.458 e. The molecular formula is C11H8ClNO2. The van der Waals surface area contributed by atoms with E-state index in [0.717, 1.165) is 0 Å². The molecule has 0 bridgehead atoms. The quantitative estimate of drug-likeness (QED) is 0.737. The van der Waals surface area contributed by atoms with Crippen molar-refractivity contribution in [2.24, 2.45) is 0 Å². The average Bonchev–Trinajstić information content (AvgIpc) is 2.29. The minimum atomic E-state index is -0.436. The maximum Gasteiger partial charge on any atom is 0.338 e. The summed E-state index contributed by atoms with van der Waals surface area (Å²) in [6.07, 6.45) is 1.52. The second-order valence-corrected chi connectivity index (χ2v) is 2.90. The molecule has 0 unspecified atom stereocenters. The fraction of sp³-hybridized carbons (Fsp3) is 0.0909. The Labute approximate surface area is 92.5 Å². The number of halogens is 1. The Balaban J connectivity index is 2.63.